The Bertz CT molecular complexity index is 598. The fourth-order valence-electron chi connectivity index (χ4n) is 2.24. The number of rotatable bonds is 4. The lowest BCUT2D eigenvalue weighted by atomic mass is 9.84. The molecule has 0 bridgehead atoms. The van der Waals surface area contributed by atoms with Crippen LogP contribution in [0.1, 0.15) is 37.6 Å². The summed E-state index contributed by atoms with van der Waals surface area (Å²) >= 11 is 1.58. The van der Waals surface area contributed by atoms with E-state index in [1.807, 2.05) is 29.6 Å². The van der Waals surface area contributed by atoms with Gasteiger partial charge in [0, 0.05) is 28.1 Å². The van der Waals surface area contributed by atoms with Gasteiger partial charge >= 0.3 is 0 Å². The zero-order valence-corrected chi connectivity index (χ0v) is 13.0. The summed E-state index contributed by atoms with van der Waals surface area (Å²) in [6, 6.07) is 7.87. The molecule has 1 unspecified atom stereocenters. The molecule has 1 atom stereocenters. The monoisotopic (exact) mass is 291 g/mol. The van der Waals surface area contributed by atoms with Crippen LogP contribution in [-0.2, 0) is 0 Å². The molecule has 0 radical (unpaired) electrons. The number of aliphatic hydroxyl groups is 1. The van der Waals surface area contributed by atoms with E-state index in [0.29, 0.717) is 6.42 Å². The first-order valence-corrected chi connectivity index (χ1v) is 7.69. The van der Waals surface area contributed by atoms with Crippen LogP contribution in [0.25, 0.3) is 10.1 Å². The van der Waals surface area contributed by atoms with E-state index in [4.69, 9.17) is 5.11 Å². The highest BCUT2D eigenvalue weighted by Gasteiger charge is 2.26. The summed E-state index contributed by atoms with van der Waals surface area (Å²) in [6.07, 6.45) is 0.567. The number of fused-ring (bicyclic) bond motifs is 1. The molecule has 0 aliphatic carbocycles. The molecule has 2 N–H and O–H groups in total. The number of hydrogen-bond donors (Lipinski definition) is 2. The van der Waals surface area contributed by atoms with Gasteiger partial charge in [-0.3, -0.25) is 4.79 Å². The van der Waals surface area contributed by atoms with Crippen LogP contribution < -0.4 is 5.32 Å². The van der Waals surface area contributed by atoms with Crippen molar-refractivity contribution in [2.75, 3.05) is 6.61 Å². The average molecular weight is 291 g/mol. The lowest BCUT2D eigenvalue weighted by Crippen LogP contribution is -2.44. The van der Waals surface area contributed by atoms with Gasteiger partial charge in [-0.15, -0.1) is 11.3 Å². The molecule has 0 aliphatic heterocycles. The van der Waals surface area contributed by atoms with Crippen molar-refractivity contribution in [3.8, 4) is 0 Å². The third-order valence-corrected chi connectivity index (χ3v) is 4.46. The number of thiophene rings is 1. The third kappa shape index (κ3) is 3.19. The van der Waals surface area contributed by atoms with Crippen molar-refractivity contribution in [1.82, 2.24) is 5.32 Å². The van der Waals surface area contributed by atoms with Gasteiger partial charge in [0.1, 0.15) is 0 Å². The van der Waals surface area contributed by atoms with E-state index in [1.54, 1.807) is 11.3 Å². The summed E-state index contributed by atoms with van der Waals surface area (Å²) in [5.74, 6) is -0.0594. The highest BCUT2D eigenvalue weighted by atomic mass is 32.1. The Morgan fingerprint density at radius 2 is 2.05 bits per heavy atom. The maximum absolute atomic E-state index is 12.5. The van der Waals surface area contributed by atoms with Gasteiger partial charge in [0.15, 0.2) is 0 Å². The smallest absolute Gasteiger partial charge is 0.252 e. The van der Waals surface area contributed by atoms with Crippen molar-refractivity contribution in [1.29, 1.82) is 0 Å². The number of benzene rings is 1. The Morgan fingerprint density at radius 3 is 2.70 bits per heavy atom. The molecule has 2 rings (SSSR count). The highest BCUT2D eigenvalue weighted by Crippen LogP contribution is 2.27. The predicted molar refractivity (Wildman–Crippen MR) is 84.2 cm³/mol. The first-order chi connectivity index (χ1) is 9.43. The maximum Gasteiger partial charge on any atom is 0.252 e. The van der Waals surface area contributed by atoms with Crippen molar-refractivity contribution in [2.24, 2.45) is 5.41 Å². The van der Waals surface area contributed by atoms with E-state index in [2.05, 4.69) is 26.1 Å². The first-order valence-electron chi connectivity index (χ1n) is 6.81. The van der Waals surface area contributed by atoms with Crippen molar-refractivity contribution in [2.45, 2.75) is 33.2 Å². The molecule has 4 heteroatoms. The minimum Gasteiger partial charge on any atom is -0.396 e. The summed E-state index contributed by atoms with van der Waals surface area (Å²) in [5.41, 5.74) is 0.641. The molecule has 3 nitrogen and oxygen atoms in total. The molecule has 0 saturated carbocycles. The SMILES string of the molecule is CC(C)(C)C(CCO)NC(=O)c1csc2ccccc12. The van der Waals surface area contributed by atoms with E-state index < -0.39 is 0 Å². The van der Waals surface area contributed by atoms with Gasteiger partial charge in [0.2, 0.25) is 0 Å². The second-order valence-corrected chi connectivity index (χ2v) is 6.96. The molecule has 0 spiro atoms. The zero-order chi connectivity index (χ0) is 14.8. The topological polar surface area (TPSA) is 49.3 Å². The Hall–Kier alpha value is -1.39. The fraction of sp³-hybridized carbons (Fsp3) is 0.438. The van der Waals surface area contributed by atoms with Crippen LogP contribution in [0.3, 0.4) is 0 Å². The molecule has 1 aromatic carbocycles. The molecule has 0 saturated heterocycles. The van der Waals surface area contributed by atoms with Crippen LogP contribution in [0.4, 0.5) is 0 Å². The van der Waals surface area contributed by atoms with E-state index in [-0.39, 0.29) is 24.0 Å². The minimum absolute atomic E-state index is 0.0429. The summed E-state index contributed by atoms with van der Waals surface area (Å²) in [6.45, 7) is 6.28. The van der Waals surface area contributed by atoms with Crippen LogP contribution in [0, 0.1) is 5.41 Å². The Morgan fingerprint density at radius 1 is 1.35 bits per heavy atom. The summed E-state index contributed by atoms with van der Waals surface area (Å²) < 4.78 is 1.12. The highest BCUT2D eigenvalue weighted by molar-refractivity contribution is 7.17. The Labute approximate surface area is 123 Å². The zero-order valence-electron chi connectivity index (χ0n) is 12.1. The molecule has 1 aromatic heterocycles. The quantitative estimate of drug-likeness (QED) is 0.906. The molecule has 1 heterocycles. The van der Waals surface area contributed by atoms with Crippen LogP contribution in [0.15, 0.2) is 29.6 Å². The molecule has 108 valence electrons. The second kappa shape index (κ2) is 5.94. The molecular formula is C16H21NO2S. The van der Waals surface area contributed by atoms with Gasteiger partial charge in [-0.05, 0) is 17.9 Å². The van der Waals surface area contributed by atoms with E-state index in [1.165, 1.54) is 0 Å². The van der Waals surface area contributed by atoms with Crippen LogP contribution in [0.5, 0.6) is 0 Å². The van der Waals surface area contributed by atoms with E-state index >= 15 is 0 Å². The van der Waals surface area contributed by atoms with Gasteiger partial charge in [-0.2, -0.15) is 0 Å². The van der Waals surface area contributed by atoms with Gasteiger partial charge in [0.05, 0.1) is 5.56 Å². The van der Waals surface area contributed by atoms with Crippen molar-refractivity contribution in [3.05, 3.63) is 35.2 Å². The van der Waals surface area contributed by atoms with Crippen molar-refractivity contribution >= 4 is 27.3 Å². The number of carbonyl (C=O) groups excluding carboxylic acids is 1. The first kappa shape index (κ1) is 15.0. The Kier molecular flexibility index (Phi) is 4.45. The lowest BCUT2D eigenvalue weighted by Gasteiger charge is -2.31. The third-order valence-electron chi connectivity index (χ3n) is 3.49. The summed E-state index contributed by atoms with van der Waals surface area (Å²) in [7, 11) is 0. The average Bonchev–Trinajstić information content (AvgIpc) is 2.81. The summed E-state index contributed by atoms with van der Waals surface area (Å²) in [4.78, 5) is 12.5. The van der Waals surface area contributed by atoms with Gasteiger partial charge in [-0.1, -0.05) is 39.0 Å². The van der Waals surface area contributed by atoms with E-state index in [0.717, 1.165) is 15.6 Å². The number of amides is 1. The molecule has 0 fully saturated rings. The summed E-state index contributed by atoms with van der Waals surface area (Å²) in [5, 5.41) is 15.1. The predicted octanol–water partition coefficient (Wildman–Crippen LogP) is 3.43. The van der Waals surface area contributed by atoms with Gasteiger partial charge < -0.3 is 10.4 Å². The standard InChI is InChI=1S/C16H21NO2S/c1-16(2,3)14(8-9-18)17-15(19)12-10-20-13-7-5-4-6-11(12)13/h4-7,10,14,18H,8-9H2,1-3H3,(H,17,19). The number of hydrogen-bond acceptors (Lipinski definition) is 3. The normalized spacial score (nSPS) is 13.4. The number of nitrogens with one attached hydrogen (secondary N) is 1. The number of carbonyl (C=O) groups is 1. The molecule has 2 aromatic rings. The molecule has 20 heavy (non-hydrogen) atoms. The minimum atomic E-state index is -0.0792. The lowest BCUT2D eigenvalue weighted by molar-refractivity contribution is 0.0887. The largest absolute Gasteiger partial charge is 0.396 e. The Balaban J connectivity index is 2.23. The fourth-order valence-corrected chi connectivity index (χ4v) is 3.18. The maximum atomic E-state index is 12.5. The van der Waals surface area contributed by atoms with E-state index in [9.17, 15) is 4.79 Å². The molecule has 0 aliphatic rings. The van der Waals surface area contributed by atoms with Crippen molar-refractivity contribution < 1.29 is 9.90 Å². The second-order valence-electron chi connectivity index (χ2n) is 6.05. The van der Waals surface area contributed by atoms with Crippen molar-refractivity contribution in [3.63, 3.8) is 0 Å². The number of aliphatic hydroxyl groups excluding tert-OH is 1. The van der Waals surface area contributed by atoms with Gasteiger partial charge in [0.25, 0.3) is 5.91 Å². The molecule has 1 amide bonds. The van der Waals surface area contributed by atoms with Crippen LogP contribution >= 0.6 is 11.3 Å². The van der Waals surface area contributed by atoms with Crippen LogP contribution in [0.2, 0.25) is 0 Å². The van der Waals surface area contributed by atoms with Gasteiger partial charge in [-0.25, -0.2) is 0 Å². The molecular weight excluding hydrogens is 270 g/mol. The van der Waals surface area contributed by atoms with Crippen LogP contribution in [-0.4, -0.2) is 23.7 Å².